The van der Waals surface area contributed by atoms with Gasteiger partial charge in [0.15, 0.2) is 23.6 Å². The highest BCUT2D eigenvalue weighted by atomic mass is 35.5. The molecule has 1 amide bonds. The van der Waals surface area contributed by atoms with Crippen LogP contribution in [0.3, 0.4) is 0 Å². The Labute approximate surface area is 214 Å². The van der Waals surface area contributed by atoms with E-state index >= 15 is 0 Å². The van der Waals surface area contributed by atoms with Crippen LogP contribution in [0.2, 0.25) is 5.02 Å². The van der Waals surface area contributed by atoms with Crippen LogP contribution in [0.4, 0.5) is 24.9 Å². The maximum absolute atomic E-state index is 12.9. The number of benzene rings is 2. The van der Waals surface area contributed by atoms with Gasteiger partial charge in [-0.3, -0.25) is 4.79 Å². The minimum absolute atomic E-state index is 0.0278. The normalized spacial score (nSPS) is 14.3. The van der Waals surface area contributed by atoms with E-state index in [1.54, 1.807) is 29.2 Å². The van der Waals surface area contributed by atoms with Gasteiger partial charge < -0.3 is 25.3 Å². The third-order valence-corrected chi connectivity index (χ3v) is 6.19. The summed E-state index contributed by atoms with van der Waals surface area (Å²) in [5.41, 5.74) is 6.44. The molecule has 2 aromatic heterocycles. The second kappa shape index (κ2) is 9.77. The van der Waals surface area contributed by atoms with E-state index in [2.05, 4.69) is 19.9 Å². The third kappa shape index (κ3) is 5.38. The number of hydrogen-bond donors (Lipinski definition) is 2. The molecular weight excluding hydrogens is 511 g/mol. The number of nitrogens with zero attached hydrogens (tertiary/aromatic N) is 5. The number of nitrogens with two attached hydrogens (primary N) is 1. The third-order valence-electron chi connectivity index (χ3n) is 5.94. The number of halogens is 4. The molecular formula is C24H21ClF3N7O2. The number of imidazole rings is 1. The average Bonchev–Trinajstić information content (AvgIpc) is 3.31. The number of anilines is 2. The molecule has 0 atom stereocenters. The SMILES string of the molecule is Nc1nc(N2CCN(C(=O)COc3ccc(Cl)cc3)CC2)c2nc(-c3ccc(C(F)(F)F)cc3)[nH]c2n1. The second-order valence-corrected chi connectivity index (χ2v) is 8.81. The van der Waals surface area contributed by atoms with Gasteiger partial charge in [-0.2, -0.15) is 23.1 Å². The highest BCUT2D eigenvalue weighted by Crippen LogP contribution is 2.32. The van der Waals surface area contributed by atoms with Gasteiger partial charge in [-0.05, 0) is 36.4 Å². The fraction of sp³-hybridized carbons (Fsp3) is 0.250. The Morgan fingerprint density at radius 3 is 2.32 bits per heavy atom. The molecule has 1 saturated heterocycles. The van der Waals surface area contributed by atoms with Gasteiger partial charge in [0.2, 0.25) is 5.95 Å². The first-order valence-corrected chi connectivity index (χ1v) is 11.7. The van der Waals surface area contributed by atoms with Crippen LogP contribution in [0, 0.1) is 0 Å². The molecule has 0 unspecified atom stereocenters. The monoisotopic (exact) mass is 531 g/mol. The van der Waals surface area contributed by atoms with Gasteiger partial charge in [-0.15, -0.1) is 0 Å². The lowest BCUT2D eigenvalue weighted by molar-refractivity contribution is -0.137. The number of carbonyl (C=O) groups is 1. The molecule has 3 N–H and O–H groups in total. The van der Waals surface area contributed by atoms with Crippen LogP contribution >= 0.6 is 11.6 Å². The van der Waals surface area contributed by atoms with Crippen LogP contribution in [0.1, 0.15) is 5.56 Å². The summed E-state index contributed by atoms with van der Waals surface area (Å²) in [6, 6.07) is 11.4. The fourth-order valence-electron chi connectivity index (χ4n) is 4.01. The molecule has 9 nitrogen and oxygen atoms in total. The summed E-state index contributed by atoms with van der Waals surface area (Å²) < 4.78 is 44.3. The van der Waals surface area contributed by atoms with E-state index < -0.39 is 11.7 Å². The molecule has 5 rings (SSSR count). The predicted octanol–water partition coefficient (Wildman–Crippen LogP) is 4.00. The van der Waals surface area contributed by atoms with Crippen molar-refractivity contribution in [2.24, 2.45) is 0 Å². The van der Waals surface area contributed by atoms with Gasteiger partial charge in [0, 0.05) is 36.8 Å². The zero-order valence-electron chi connectivity index (χ0n) is 19.3. The lowest BCUT2D eigenvalue weighted by atomic mass is 10.1. The summed E-state index contributed by atoms with van der Waals surface area (Å²) in [7, 11) is 0. The van der Waals surface area contributed by atoms with E-state index in [9.17, 15) is 18.0 Å². The van der Waals surface area contributed by atoms with E-state index in [0.29, 0.717) is 65.3 Å². The Hall–Kier alpha value is -4.06. The Bertz CT molecular complexity index is 1420. The first-order chi connectivity index (χ1) is 17.7. The van der Waals surface area contributed by atoms with E-state index in [-0.39, 0.29) is 18.5 Å². The van der Waals surface area contributed by atoms with Crippen LogP contribution in [0.15, 0.2) is 48.5 Å². The van der Waals surface area contributed by atoms with Crippen molar-refractivity contribution in [3.63, 3.8) is 0 Å². The van der Waals surface area contributed by atoms with Crippen LogP contribution in [-0.2, 0) is 11.0 Å². The standard InChI is InChI=1S/C24H21ClF3N7O2/c25-16-5-7-17(8-6-16)37-13-18(36)34-9-11-35(12-10-34)22-19-21(32-23(29)33-22)31-20(30-19)14-1-3-15(4-2-14)24(26,27)28/h1-8H,9-13H2,(H3,29,30,31,32,33). The molecule has 1 aliphatic rings. The van der Waals surface area contributed by atoms with Gasteiger partial charge in [-0.1, -0.05) is 23.7 Å². The zero-order chi connectivity index (χ0) is 26.2. The number of rotatable bonds is 5. The lowest BCUT2D eigenvalue weighted by Crippen LogP contribution is -2.50. The molecule has 1 fully saturated rings. The van der Waals surface area contributed by atoms with Crippen molar-refractivity contribution in [3.05, 3.63) is 59.1 Å². The summed E-state index contributed by atoms with van der Waals surface area (Å²) in [4.78, 5) is 32.4. The summed E-state index contributed by atoms with van der Waals surface area (Å²) in [6.07, 6.45) is -4.43. The van der Waals surface area contributed by atoms with Gasteiger partial charge in [-0.25, -0.2) is 4.98 Å². The molecule has 4 aromatic rings. The zero-order valence-corrected chi connectivity index (χ0v) is 20.1. The molecule has 1 aliphatic heterocycles. The fourth-order valence-corrected chi connectivity index (χ4v) is 4.14. The van der Waals surface area contributed by atoms with E-state index in [0.717, 1.165) is 12.1 Å². The van der Waals surface area contributed by atoms with Crippen molar-refractivity contribution in [3.8, 4) is 17.1 Å². The number of ether oxygens (including phenoxy) is 1. The van der Waals surface area contributed by atoms with Crippen LogP contribution < -0.4 is 15.4 Å². The topological polar surface area (TPSA) is 113 Å². The van der Waals surface area contributed by atoms with Gasteiger partial charge >= 0.3 is 6.18 Å². The Morgan fingerprint density at radius 2 is 1.68 bits per heavy atom. The van der Waals surface area contributed by atoms with Crippen molar-refractivity contribution < 1.29 is 22.7 Å². The molecule has 3 heterocycles. The summed E-state index contributed by atoms with van der Waals surface area (Å²) >= 11 is 5.86. The van der Waals surface area contributed by atoms with Crippen LogP contribution in [-0.4, -0.2) is 63.5 Å². The summed E-state index contributed by atoms with van der Waals surface area (Å²) in [5.74, 6) is 1.27. The molecule has 37 heavy (non-hydrogen) atoms. The number of amides is 1. The van der Waals surface area contributed by atoms with Crippen molar-refractivity contribution in [2.75, 3.05) is 43.4 Å². The minimum Gasteiger partial charge on any atom is -0.484 e. The minimum atomic E-state index is -4.43. The summed E-state index contributed by atoms with van der Waals surface area (Å²) in [6.45, 7) is 1.72. The number of carbonyl (C=O) groups excluding carboxylic acids is 1. The maximum atomic E-state index is 12.9. The van der Waals surface area contributed by atoms with E-state index in [4.69, 9.17) is 22.1 Å². The molecule has 13 heteroatoms. The number of nitrogen functional groups attached to an aromatic ring is 1. The number of alkyl halides is 3. The average molecular weight is 532 g/mol. The van der Waals surface area contributed by atoms with Gasteiger partial charge in [0.05, 0.1) is 5.56 Å². The molecule has 2 aromatic carbocycles. The number of aromatic nitrogens is 4. The quantitative estimate of drug-likeness (QED) is 0.400. The van der Waals surface area contributed by atoms with Crippen LogP contribution in [0.25, 0.3) is 22.6 Å². The molecule has 0 saturated carbocycles. The molecule has 0 aliphatic carbocycles. The Balaban J connectivity index is 1.28. The van der Waals surface area contributed by atoms with Crippen LogP contribution in [0.5, 0.6) is 5.75 Å². The van der Waals surface area contributed by atoms with Gasteiger partial charge in [0.1, 0.15) is 11.6 Å². The number of aromatic amines is 1. The molecule has 0 spiro atoms. The molecule has 0 bridgehead atoms. The number of H-pyrrole nitrogens is 1. The van der Waals surface area contributed by atoms with Gasteiger partial charge in [0.25, 0.3) is 5.91 Å². The highest BCUT2D eigenvalue weighted by molar-refractivity contribution is 6.30. The Morgan fingerprint density at radius 1 is 1.00 bits per heavy atom. The largest absolute Gasteiger partial charge is 0.484 e. The van der Waals surface area contributed by atoms with E-state index in [1.165, 1.54) is 12.1 Å². The smallest absolute Gasteiger partial charge is 0.416 e. The number of piperazine rings is 1. The first-order valence-electron chi connectivity index (χ1n) is 11.3. The van der Waals surface area contributed by atoms with E-state index in [1.807, 2.05) is 4.90 Å². The van der Waals surface area contributed by atoms with Crippen molar-refractivity contribution in [1.29, 1.82) is 0 Å². The molecule has 0 radical (unpaired) electrons. The number of fused-ring (bicyclic) bond motifs is 1. The summed E-state index contributed by atoms with van der Waals surface area (Å²) in [5, 5.41) is 0.581. The first kappa shape index (κ1) is 24.6. The maximum Gasteiger partial charge on any atom is 0.416 e. The predicted molar refractivity (Wildman–Crippen MR) is 132 cm³/mol. The highest BCUT2D eigenvalue weighted by Gasteiger charge is 2.30. The van der Waals surface area contributed by atoms with Crippen molar-refractivity contribution >= 4 is 40.4 Å². The lowest BCUT2D eigenvalue weighted by Gasteiger charge is -2.35. The Kier molecular flexibility index (Phi) is 6.50. The van der Waals surface area contributed by atoms with Crippen molar-refractivity contribution in [2.45, 2.75) is 6.18 Å². The number of hydrogen-bond acceptors (Lipinski definition) is 7. The number of nitrogens with one attached hydrogen (secondary N) is 1. The van der Waals surface area contributed by atoms with Crippen molar-refractivity contribution in [1.82, 2.24) is 24.8 Å². The second-order valence-electron chi connectivity index (χ2n) is 8.37. The molecule has 192 valence electrons.